The van der Waals surface area contributed by atoms with Gasteiger partial charge in [0.05, 0.1) is 18.3 Å². The third kappa shape index (κ3) is 5.87. The molecule has 0 spiro atoms. The zero-order valence-electron chi connectivity index (χ0n) is 6.52. The normalized spacial score (nSPS) is 14.3. The Balaban J connectivity index is 3.48. The molecule has 3 heteroatoms. The van der Waals surface area contributed by atoms with Crippen molar-refractivity contribution in [2.24, 2.45) is 0 Å². The first-order chi connectivity index (χ1) is 4.45. The minimum atomic E-state index is -0.528. The molecule has 0 saturated carbocycles. The summed E-state index contributed by atoms with van der Waals surface area (Å²) < 4.78 is 5.23. The van der Waals surface area contributed by atoms with Crippen molar-refractivity contribution in [2.45, 2.75) is 31.7 Å². The fourth-order valence-corrected chi connectivity index (χ4v) is 0.423. The minimum Gasteiger partial charge on any atom is -0.373 e. The van der Waals surface area contributed by atoms with Crippen LogP contribution in [0.5, 0.6) is 0 Å². The summed E-state index contributed by atoms with van der Waals surface area (Å²) >= 11 is 5.49. The molecule has 0 aliphatic carbocycles. The second-order valence-electron chi connectivity index (χ2n) is 3.02. The van der Waals surface area contributed by atoms with Crippen LogP contribution in [0.2, 0.25) is 0 Å². The molecule has 0 radical (unpaired) electrons. The van der Waals surface area contributed by atoms with Crippen molar-refractivity contribution < 1.29 is 4.74 Å². The molecule has 0 aromatic rings. The van der Waals surface area contributed by atoms with Gasteiger partial charge in [-0.1, -0.05) is 0 Å². The van der Waals surface area contributed by atoms with E-state index in [0.717, 1.165) is 0 Å². The van der Waals surface area contributed by atoms with Gasteiger partial charge in [0.25, 0.3) is 0 Å². The molecule has 0 aromatic carbocycles. The first-order valence-corrected chi connectivity index (χ1v) is 3.57. The van der Waals surface area contributed by atoms with Crippen LogP contribution in [0.25, 0.3) is 0 Å². The molecule has 0 fully saturated rings. The van der Waals surface area contributed by atoms with E-state index in [9.17, 15) is 0 Å². The van der Waals surface area contributed by atoms with Crippen LogP contribution in [0, 0.1) is 11.3 Å². The molecule has 0 heterocycles. The summed E-state index contributed by atoms with van der Waals surface area (Å²) in [4.78, 5) is 0. The van der Waals surface area contributed by atoms with Crippen molar-refractivity contribution in [2.75, 3.05) is 6.61 Å². The van der Waals surface area contributed by atoms with E-state index in [2.05, 4.69) is 0 Å². The fourth-order valence-electron chi connectivity index (χ4n) is 0.360. The number of rotatable bonds is 2. The molecular formula is C7H12ClNO. The number of ether oxygens (including phenoxy) is 1. The van der Waals surface area contributed by atoms with Gasteiger partial charge in [-0.3, -0.25) is 0 Å². The lowest BCUT2D eigenvalue weighted by molar-refractivity contribution is 0.00157. The highest BCUT2D eigenvalue weighted by molar-refractivity contribution is 6.22. The molecule has 1 unspecified atom stereocenters. The fraction of sp³-hybridized carbons (Fsp3) is 0.857. The molecule has 0 amide bonds. The van der Waals surface area contributed by atoms with Crippen LogP contribution in [0.3, 0.4) is 0 Å². The van der Waals surface area contributed by atoms with Crippen molar-refractivity contribution in [1.82, 2.24) is 0 Å². The number of nitriles is 1. The summed E-state index contributed by atoms with van der Waals surface area (Å²) in [5.74, 6) is 0. The Morgan fingerprint density at radius 3 is 2.40 bits per heavy atom. The van der Waals surface area contributed by atoms with Crippen molar-refractivity contribution in [1.29, 1.82) is 5.26 Å². The minimum absolute atomic E-state index is 0.204. The van der Waals surface area contributed by atoms with Crippen LogP contribution in [0.4, 0.5) is 0 Å². The standard InChI is InChI=1S/C7H12ClNO/c1-7(2,3)10-5-6(8)4-9/h6H,5H2,1-3H3. The SMILES string of the molecule is CC(C)(C)OCC(Cl)C#N. The van der Waals surface area contributed by atoms with E-state index in [0.29, 0.717) is 6.61 Å². The van der Waals surface area contributed by atoms with Crippen LogP contribution in [0.1, 0.15) is 20.8 Å². The number of nitrogens with zero attached hydrogens (tertiary/aromatic N) is 1. The molecule has 0 aliphatic heterocycles. The van der Waals surface area contributed by atoms with Gasteiger partial charge in [0.15, 0.2) is 0 Å². The molecule has 2 nitrogen and oxygen atoms in total. The van der Waals surface area contributed by atoms with E-state index >= 15 is 0 Å². The van der Waals surface area contributed by atoms with Gasteiger partial charge in [0.2, 0.25) is 0 Å². The van der Waals surface area contributed by atoms with Gasteiger partial charge in [-0.25, -0.2) is 0 Å². The zero-order valence-corrected chi connectivity index (χ0v) is 7.27. The summed E-state index contributed by atoms with van der Waals surface area (Å²) in [6.45, 7) is 6.07. The lowest BCUT2D eigenvalue weighted by Gasteiger charge is -2.19. The topological polar surface area (TPSA) is 33.0 Å². The third-order valence-electron chi connectivity index (χ3n) is 0.803. The molecule has 0 rings (SSSR count). The molecule has 10 heavy (non-hydrogen) atoms. The Bertz CT molecular complexity index is 134. The largest absolute Gasteiger partial charge is 0.373 e. The Labute approximate surface area is 66.7 Å². The summed E-state index contributed by atoms with van der Waals surface area (Å²) in [6.07, 6.45) is 0. The lowest BCUT2D eigenvalue weighted by Crippen LogP contribution is -2.23. The Hall–Kier alpha value is -0.260. The van der Waals surface area contributed by atoms with Crippen molar-refractivity contribution in [3.63, 3.8) is 0 Å². The number of hydrogen-bond donors (Lipinski definition) is 0. The van der Waals surface area contributed by atoms with E-state index in [1.165, 1.54) is 0 Å². The maximum absolute atomic E-state index is 8.27. The first-order valence-electron chi connectivity index (χ1n) is 3.13. The van der Waals surface area contributed by atoms with E-state index in [1.807, 2.05) is 26.8 Å². The van der Waals surface area contributed by atoms with Gasteiger partial charge in [-0.15, -0.1) is 11.6 Å². The monoisotopic (exact) mass is 161 g/mol. The van der Waals surface area contributed by atoms with Crippen LogP contribution in [-0.4, -0.2) is 17.6 Å². The molecule has 0 bridgehead atoms. The highest BCUT2D eigenvalue weighted by Gasteiger charge is 2.12. The predicted octanol–water partition coefficient (Wildman–Crippen LogP) is 1.93. The second-order valence-corrected chi connectivity index (χ2v) is 3.55. The van der Waals surface area contributed by atoms with Gasteiger partial charge in [-0.2, -0.15) is 5.26 Å². The van der Waals surface area contributed by atoms with Crippen LogP contribution in [-0.2, 0) is 4.74 Å². The number of hydrogen-bond acceptors (Lipinski definition) is 2. The number of halogens is 1. The summed E-state index contributed by atoms with van der Waals surface area (Å²) in [5, 5.41) is 7.74. The second kappa shape index (κ2) is 3.80. The van der Waals surface area contributed by atoms with E-state index in [-0.39, 0.29) is 5.60 Å². The van der Waals surface area contributed by atoms with Gasteiger partial charge in [0, 0.05) is 0 Å². The van der Waals surface area contributed by atoms with Crippen LogP contribution >= 0.6 is 11.6 Å². The molecule has 0 aromatic heterocycles. The Morgan fingerprint density at radius 2 is 2.10 bits per heavy atom. The summed E-state index contributed by atoms with van der Waals surface area (Å²) in [6, 6.07) is 1.88. The zero-order chi connectivity index (χ0) is 8.20. The highest BCUT2D eigenvalue weighted by Crippen LogP contribution is 2.08. The number of alkyl halides is 1. The van der Waals surface area contributed by atoms with Crippen molar-refractivity contribution in [3.8, 4) is 6.07 Å². The molecule has 0 aliphatic rings. The quantitative estimate of drug-likeness (QED) is 0.580. The van der Waals surface area contributed by atoms with Crippen molar-refractivity contribution >= 4 is 11.6 Å². The van der Waals surface area contributed by atoms with Crippen molar-refractivity contribution in [3.05, 3.63) is 0 Å². The van der Waals surface area contributed by atoms with Gasteiger partial charge in [0.1, 0.15) is 5.38 Å². The molecule has 58 valence electrons. The maximum atomic E-state index is 8.27. The van der Waals surface area contributed by atoms with Crippen LogP contribution < -0.4 is 0 Å². The molecule has 0 saturated heterocycles. The highest BCUT2D eigenvalue weighted by atomic mass is 35.5. The van der Waals surface area contributed by atoms with E-state index < -0.39 is 5.38 Å². The Kier molecular flexibility index (Phi) is 3.70. The average molecular weight is 162 g/mol. The van der Waals surface area contributed by atoms with Crippen LogP contribution in [0.15, 0.2) is 0 Å². The Morgan fingerprint density at radius 1 is 1.60 bits per heavy atom. The van der Waals surface area contributed by atoms with E-state index in [4.69, 9.17) is 21.6 Å². The molecule has 1 atom stereocenters. The summed E-state index contributed by atoms with van der Waals surface area (Å²) in [5.41, 5.74) is -0.204. The predicted molar refractivity (Wildman–Crippen MR) is 41.0 cm³/mol. The smallest absolute Gasteiger partial charge is 0.143 e. The lowest BCUT2D eigenvalue weighted by atomic mass is 10.2. The third-order valence-corrected chi connectivity index (χ3v) is 1.03. The van der Waals surface area contributed by atoms with E-state index in [1.54, 1.807) is 0 Å². The van der Waals surface area contributed by atoms with Gasteiger partial charge >= 0.3 is 0 Å². The van der Waals surface area contributed by atoms with Gasteiger partial charge < -0.3 is 4.74 Å². The van der Waals surface area contributed by atoms with Gasteiger partial charge in [-0.05, 0) is 20.8 Å². The molecular weight excluding hydrogens is 150 g/mol. The molecule has 0 N–H and O–H groups in total. The first kappa shape index (κ1) is 9.74. The maximum Gasteiger partial charge on any atom is 0.143 e. The summed E-state index contributed by atoms with van der Waals surface area (Å²) in [7, 11) is 0. The average Bonchev–Trinajstić information content (AvgIpc) is 1.81.